The van der Waals surface area contributed by atoms with Crippen LogP contribution in [0.2, 0.25) is 0 Å². The zero-order valence-electron chi connectivity index (χ0n) is 9.49. The first-order valence-corrected chi connectivity index (χ1v) is 5.15. The molecular formula is C10H12N4O3. The lowest BCUT2D eigenvalue weighted by atomic mass is 10.0. The Morgan fingerprint density at radius 3 is 2.94 bits per heavy atom. The number of tetrazole rings is 1. The smallest absolute Gasteiger partial charge is 0.333 e. The minimum Gasteiger partial charge on any atom is -0.479 e. The number of aliphatic carboxylic acids is 1. The highest BCUT2D eigenvalue weighted by molar-refractivity contribution is 5.75. The molecule has 1 atom stereocenters. The molecule has 7 nitrogen and oxygen atoms in total. The Balaban J connectivity index is 2.39. The first-order chi connectivity index (χ1) is 8.08. The van der Waals surface area contributed by atoms with Gasteiger partial charge < -0.3 is 9.52 Å². The molecule has 1 unspecified atom stereocenters. The largest absolute Gasteiger partial charge is 0.479 e. The van der Waals surface area contributed by atoms with Gasteiger partial charge in [0.1, 0.15) is 0 Å². The summed E-state index contributed by atoms with van der Waals surface area (Å²) in [4.78, 5) is 12.3. The summed E-state index contributed by atoms with van der Waals surface area (Å²) in [6.07, 6.45) is 1.85. The van der Waals surface area contributed by atoms with Crippen LogP contribution in [0.4, 0.5) is 0 Å². The molecule has 7 heteroatoms. The third-order valence-electron chi connectivity index (χ3n) is 2.75. The predicted molar refractivity (Wildman–Crippen MR) is 57.1 cm³/mol. The quantitative estimate of drug-likeness (QED) is 0.855. The highest BCUT2D eigenvalue weighted by Crippen LogP contribution is 2.20. The standard InChI is InChI=1S/C10H12N4O3/c1-3-10(2,9(15)16)14-12-8(11-13-14)7-5-4-6-17-7/h4-6H,3H2,1-2H3,(H,15,16). The van der Waals surface area contributed by atoms with Crippen molar-refractivity contribution < 1.29 is 14.3 Å². The Labute approximate surface area is 97.0 Å². The average Bonchev–Trinajstić information content (AvgIpc) is 2.97. The molecule has 0 amide bonds. The fourth-order valence-corrected chi connectivity index (χ4v) is 1.31. The molecule has 0 aliphatic carbocycles. The zero-order chi connectivity index (χ0) is 12.5. The lowest BCUT2D eigenvalue weighted by molar-refractivity contribution is -0.148. The van der Waals surface area contributed by atoms with Crippen LogP contribution in [0, 0.1) is 0 Å². The van der Waals surface area contributed by atoms with Gasteiger partial charge in [0, 0.05) is 0 Å². The fourth-order valence-electron chi connectivity index (χ4n) is 1.31. The van der Waals surface area contributed by atoms with E-state index in [1.807, 2.05) is 0 Å². The zero-order valence-corrected chi connectivity index (χ0v) is 9.49. The van der Waals surface area contributed by atoms with Crippen molar-refractivity contribution in [3.8, 4) is 11.6 Å². The van der Waals surface area contributed by atoms with Crippen molar-refractivity contribution in [2.24, 2.45) is 0 Å². The number of furan rings is 1. The van der Waals surface area contributed by atoms with Crippen LogP contribution >= 0.6 is 0 Å². The van der Waals surface area contributed by atoms with E-state index in [9.17, 15) is 9.90 Å². The monoisotopic (exact) mass is 236 g/mol. The summed E-state index contributed by atoms with van der Waals surface area (Å²) in [6, 6.07) is 3.39. The van der Waals surface area contributed by atoms with E-state index in [-0.39, 0.29) is 5.82 Å². The van der Waals surface area contributed by atoms with E-state index < -0.39 is 11.5 Å². The van der Waals surface area contributed by atoms with Gasteiger partial charge in [-0.3, -0.25) is 0 Å². The van der Waals surface area contributed by atoms with Crippen molar-refractivity contribution in [2.75, 3.05) is 0 Å². The van der Waals surface area contributed by atoms with Gasteiger partial charge in [-0.25, -0.2) is 4.79 Å². The molecule has 0 aliphatic heterocycles. The molecule has 0 aromatic carbocycles. The fraction of sp³-hybridized carbons (Fsp3) is 0.400. The van der Waals surface area contributed by atoms with Crippen LogP contribution in [0.15, 0.2) is 22.8 Å². The SMILES string of the molecule is CCC(C)(C(=O)O)n1nnc(-c2ccco2)n1. The van der Waals surface area contributed by atoms with Gasteiger partial charge >= 0.3 is 5.97 Å². The molecule has 0 radical (unpaired) electrons. The first-order valence-electron chi connectivity index (χ1n) is 5.15. The molecule has 2 aromatic rings. The van der Waals surface area contributed by atoms with Gasteiger partial charge in [-0.2, -0.15) is 0 Å². The van der Waals surface area contributed by atoms with Gasteiger partial charge in [0.25, 0.3) is 0 Å². The second-order valence-electron chi connectivity index (χ2n) is 3.81. The molecule has 0 saturated carbocycles. The molecule has 2 rings (SSSR count). The van der Waals surface area contributed by atoms with Gasteiger partial charge in [-0.05, 0) is 30.7 Å². The maximum absolute atomic E-state index is 11.2. The lowest BCUT2D eigenvalue weighted by Crippen LogP contribution is -2.40. The summed E-state index contributed by atoms with van der Waals surface area (Å²) < 4.78 is 5.11. The topological polar surface area (TPSA) is 94.0 Å². The van der Waals surface area contributed by atoms with Crippen LogP contribution in [-0.2, 0) is 10.3 Å². The second-order valence-corrected chi connectivity index (χ2v) is 3.81. The molecule has 0 saturated heterocycles. The van der Waals surface area contributed by atoms with Crippen LogP contribution < -0.4 is 0 Å². The molecule has 2 aromatic heterocycles. The lowest BCUT2D eigenvalue weighted by Gasteiger charge is -2.20. The number of nitrogens with zero attached hydrogens (tertiary/aromatic N) is 4. The molecule has 0 aliphatic rings. The van der Waals surface area contributed by atoms with Crippen molar-refractivity contribution >= 4 is 5.97 Å². The summed E-state index contributed by atoms with van der Waals surface area (Å²) in [6.45, 7) is 3.30. The highest BCUT2D eigenvalue weighted by Gasteiger charge is 2.36. The van der Waals surface area contributed by atoms with Gasteiger partial charge in [0.05, 0.1) is 6.26 Å². The van der Waals surface area contributed by atoms with E-state index in [4.69, 9.17) is 4.42 Å². The Morgan fingerprint density at radius 1 is 1.65 bits per heavy atom. The van der Waals surface area contributed by atoms with Crippen molar-refractivity contribution in [1.82, 2.24) is 20.2 Å². The third-order valence-corrected chi connectivity index (χ3v) is 2.75. The predicted octanol–water partition coefficient (Wildman–Crippen LogP) is 1.14. The third kappa shape index (κ3) is 1.79. The van der Waals surface area contributed by atoms with Crippen molar-refractivity contribution in [2.45, 2.75) is 25.8 Å². The number of hydrogen-bond donors (Lipinski definition) is 1. The number of aromatic nitrogens is 4. The van der Waals surface area contributed by atoms with E-state index in [1.165, 1.54) is 6.26 Å². The summed E-state index contributed by atoms with van der Waals surface area (Å²) in [5.41, 5.74) is -1.20. The Kier molecular flexibility index (Phi) is 2.66. The van der Waals surface area contributed by atoms with Crippen molar-refractivity contribution in [3.63, 3.8) is 0 Å². The minimum atomic E-state index is -1.20. The van der Waals surface area contributed by atoms with Crippen LogP contribution in [0.1, 0.15) is 20.3 Å². The van der Waals surface area contributed by atoms with E-state index >= 15 is 0 Å². The van der Waals surface area contributed by atoms with Gasteiger partial charge in [-0.15, -0.1) is 15.0 Å². The van der Waals surface area contributed by atoms with Crippen LogP contribution in [0.3, 0.4) is 0 Å². The molecule has 17 heavy (non-hydrogen) atoms. The molecule has 90 valence electrons. The van der Waals surface area contributed by atoms with Crippen LogP contribution in [0.25, 0.3) is 11.6 Å². The van der Waals surface area contributed by atoms with E-state index in [0.717, 1.165) is 4.80 Å². The summed E-state index contributed by atoms with van der Waals surface area (Å²) in [7, 11) is 0. The highest BCUT2D eigenvalue weighted by atomic mass is 16.4. The van der Waals surface area contributed by atoms with Crippen molar-refractivity contribution in [1.29, 1.82) is 0 Å². The molecule has 2 heterocycles. The first kappa shape index (κ1) is 11.3. The number of hydrogen-bond acceptors (Lipinski definition) is 5. The van der Waals surface area contributed by atoms with Crippen molar-refractivity contribution in [3.05, 3.63) is 18.4 Å². The Morgan fingerprint density at radius 2 is 2.41 bits per heavy atom. The maximum Gasteiger partial charge on any atom is 0.333 e. The summed E-state index contributed by atoms with van der Waals surface area (Å²) in [5.74, 6) is -0.264. The Bertz CT molecular complexity index is 519. The Hall–Kier alpha value is -2.18. The summed E-state index contributed by atoms with van der Waals surface area (Å²) >= 11 is 0. The van der Waals surface area contributed by atoms with Gasteiger partial charge in [0.2, 0.25) is 5.82 Å². The van der Waals surface area contributed by atoms with E-state index in [2.05, 4.69) is 15.4 Å². The summed E-state index contributed by atoms with van der Waals surface area (Å²) in [5, 5.41) is 20.8. The molecule has 0 fully saturated rings. The second kappa shape index (κ2) is 4.00. The molecule has 1 N–H and O–H groups in total. The minimum absolute atomic E-state index is 0.274. The normalized spacial score (nSPS) is 14.5. The van der Waals surface area contributed by atoms with Gasteiger partial charge in [-0.1, -0.05) is 6.92 Å². The number of rotatable bonds is 4. The number of carboxylic acids is 1. The van der Waals surface area contributed by atoms with Gasteiger partial charge in [0.15, 0.2) is 11.3 Å². The van der Waals surface area contributed by atoms with E-state index in [0.29, 0.717) is 12.2 Å². The van der Waals surface area contributed by atoms with Crippen LogP contribution in [0.5, 0.6) is 0 Å². The van der Waals surface area contributed by atoms with E-state index in [1.54, 1.807) is 26.0 Å². The average molecular weight is 236 g/mol. The molecule has 0 spiro atoms. The number of carbonyl (C=O) groups is 1. The van der Waals surface area contributed by atoms with Crippen LogP contribution in [-0.4, -0.2) is 31.3 Å². The molecular weight excluding hydrogens is 224 g/mol. The molecule has 0 bridgehead atoms. The number of carboxylic acid groups (broad SMARTS) is 1. The maximum atomic E-state index is 11.2.